The number of hydrogen-bond acceptors (Lipinski definition) is 7. The van der Waals surface area contributed by atoms with Gasteiger partial charge in [-0.1, -0.05) is 0 Å². The standard InChI is InChI=1S/C33H33F3N4O4/c1-3-43-31-19-26(20-37-21-31)25-16-23(17-30(18-25)44-33(34,35)36)22-39-12-14-40(15-13-39)28-8-4-24(5-9-28)32(41)38-27-6-10-29(42-2)11-7-27/h4-11,16-21H,3,12-15,22H2,1-2H3,(H,38,41). The molecule has 3 aromatic carbocycles. The van der Waals surface area contributed by atoms with E-state index in [1.165, 1.54) is 12.1 Å². The number of anilines is 2. The van der Waals surface area contributed by atoms with E-state index in [0.29, 0.717) is 65.7 Å². The van der Waals surface area contributed by atoms with Gasteiger partial charge in [-0.15, -0.1) is 13.2 Å². The predicted molar refractivity (Wildman–Crippen MR) is 162 cm³/mol. The number of ether oxygens (including phenoxy) is 3. The SMILES string of the molecule is CCOc1cncc(-c2cc(CN3CCN(c4ccc(C(=O)Nc5ccc(OC)cc5)cc4)CC3)cc(OC(F)(F)F)c2)c1. The molecular formula is C33H33F3N4O4. The molecule has 1 fully saturated rings. The Morgan fingerprint density at radius 2 is 1.57 bits per heavy atom. The van der Waals surface area contributed by atoms with Gasteiger partial charge in [-0.3, -0.25) is 14.7 Å². The quantitative estimate of drug-likeness (QED) is 0.217. The molecule has 44 heavy (non-hydrogen) atoms. The van der Waals surface area contributed by atoms with Crippen molar-refractivity contribution in [1.82, 2.24) is 9.88 Å². The molecule has 0 radical (unpaired) electrons. The van der Waals surface area contributed by atoms with Gasteiger partial charge < -0.3 is 24.4 Å². The van der Waals surface area contributed by atoms with Crippen molar-refractivity contribution in [3.8, 4) is 28.4 Å². The fourth-order valence-corrected chi connectivity index (χ4v) is 5.06. The Hall–Kier alpha value is -4.77. The Morgan fingerprint density at radius 3 is 2.23 bits per heavy atom. The van der Waals surface area contributed by atoms with Crippen molar-refractivity contribution in [2.24, 2.45) is 0 Å². The second-order valence-corrected chi connectivity index (χ2v) is 10.2. The molecular weight excluding hydrogens is 573 g/mol. The molecule has 1 N–H and O–H groups in total. The molecule has 1 aromatic heterocycles. The van der Waals surface area contributed by atoms with Crippen LogP contribution in [-0.2, 0) is 6.54 Å². The zero-order chi connectivity index (χ0) is 31.1. The third-order valence-corrected chi connectivity index (χ3v) is 7.18. The minimum Gasteiger partial charge on any atom is -0.497 e. The first kappa shape index (κ1) is 30.7. The summed E-state index contributed by atoms with van der Waals surface area (Å²) in [6, 6.07) is 21.0. The van der Waals surface area contributed by atoms with E-state index in [1.807, 2.05) is 25.1 Å². The highest BCUT2D eigenvalue weighted by Crippen LogP contribution is 2.32. The molecule has 1 amide bonds. The molecule has 0 bridgehead atoms. The Kier molecular flexibility index (Phi) is 9.54. The van der Waals surface area contributed by atoms with E-state index in [4.69, 9.17) is 9.47 Å². The minimum absolute atomic E-state index is 0.206. The summed E-state index contributed by atoms with van der Waals surface area (Å²) in [5.41, 5.74) is 4.11. The van der Waals surface area contributed by atoms with Crippen LogP contribution < -0.4 is 24.4 Å². The topological polar surface area (TPSA) is 76.2 Å². The van der Waals surface area contributed by atoms with Gasteiger partial charge in [-0.25, -0.2) is 0 Å². The Balaban J connectivity index is 1.22. The van der Waals surface area contributed by atoms with Gasteiger partial charge >= 0.3 is 6.36 Å². The fourth-order valence-electron chi connectivity index (χ4n) is 5.06. The molecule has 2 heterocycles. The first-order chi connectivity index (χ1) is 21.2. The van der Waals surface area contributed by atoms with Crippen molar-refractivity contribution in [3.63, 3.8) is 0 Å². The summed E-state index contributed by atoms with van der Waals surface area (Å²) >= 11 is 0. The van der Waals surface area contributed by atoms with Crippen LogP contribution in [0.4, 0.5) is 24.5 Å². The molecule has 4 aromatic rings. The van der Waals surface area contributed by atoms with Crippen molar-refractivity contribution in [2.75, 3.05) is 50.1 Å². The van der Waals surface area contributed by atoms with Crippen molar-refractivity contribution >= 4 is 17.3 Å². The van der Waals surface area contributed by atoms with Gasteiger partial charge in [0.05, 0.1) is 19.9 Å². The second-order valence-electron chi connectivity index (χ2n) is 10.2. The van der Waals surface area contributed by atoms with Crippen molar-refractivity contribution in [3.05, 3.63) is 96.3 Å². The van der Waals surface area contributed by atoms with Crippen LogP contribution in [0.15, 0.2) is 85.2 Å². The number of amides is 1. The smallest absolute Gasteiger partial charge is 0.497 e. The molecule has 0 spiro atoms. The number of piperazine rings is 1. The summed E-state index contributed by atoms with van der Waals surface area (Å²) < 4.78 is 54.4. The van der Waals surface area contributed by atoms with Crippen molar-refractivity contribution in [2.45, 2.75) is 19.8 Å². The zero-order valence-electron chi connectivity index (χ0n) is 24.4. The maximum Gasteiger partial charge on any atom is 0.573 e. The average molecular weight is 607 g/mol. The summed E-state index contributed by atoms with van der Waals surface area (Å²) in [4.78, 5) is 21.3. The van der Waals surface area contributed by atoms with Crippen LogP contribution in [0.3, 0.4) is 0 Å². The van der Waals surface area contributed by atoms with Gasteiger partial charge in [-0.05, 0) is 90.8 Å². The van der Waals surface area contributed by atoms with E-state index in [2.05, 4.69) is 24.8 Å². The monoisotopic (exact) mass is 606 g/mol. The molecule has 1 aliphatic heterocycles. The van der Waals surface area contributed by atoms with Gasteiger partial charge in [0.1, 0.15) is 17.2 Å². The number of halogens is 3. The number of rotatable bonds is 10. The summed E-state index contributed by atoms with van der Waals surface area (Å²) in [5.74, 6) is 0.766. The van der Waals surface area contributed by atoms with E-state index < -0.39 is 6.36 Å². The molecule has 0 aliphatic carbocycles. The number of carbonyl (C=O) groups excluding carboxylic acids is 1. The van der Waals surface area contributed by atoms with E-state index in [-0.39, 0.29) is 11.7 Å². The molecule has 5 rings (SSSR count). The lowest BCUT2D eigenvalue weighted by molar-refractivity contribution is -0.274. The van der Waals surface area contributed by atoms with E-state index >= 15 is 0 Å². The van der Waals surface area contributed by atoms with E-state index in [0.717, 1.165) is 18.8 Å². The van der Waals surface area contributed by atoms with Gasteiger partial charge in [0.2, 0.25) is 0 Å². The van der Waals surface area contributed by atoms with E-state index in [9.17, 15) is 18.0 Å². The second kappa shape index (κ2) is 13.7. The number of benzene rings is 3. The minimum atomic E-state index is -4.81. The Bertz CT molecular complexity index is 1560. The summed E-state index contributed by atoms with van der Waals surface area (Å²) in [5, 5.41) is 2.88. The van der Waals surface area contributed by atoms with Crippen molar-refractivity contribution < 1.29 is 32.2 Å². The predicted octanol–water partition coefficient (Wildman–Crippen LogP) is 6.63. The van der Waals surface area contributed by atoms with Crippen LogP contribution in [0, 0.1) is 0 Å². The number of nitrogens with zero attached hydrogens (tertiary/aromatic N) is 3. The third-order valence-electron chi connectivity index (χ3n) is 7.18. The highest BCUT2D eigenvalue weighted by Gasteiger charge is 2.31. The first-order valence-corrected chi connectivity index (χ1v) is 14.2. The zero-order valence-corrected chi connectivity index (χ0v) is 24.4. The maximum atomic E-state index is 13.1. The van der Waals surface area contributed by atoms with Crippen LogP contribution in [0.2, 0.25) is 0 Å². The molecule has 11 heteroatoms. The number of alkyl halides is 3. The lowest BCUT2D eigenvalue weighted by atomic mass is 10.0. The highest BCUT2D eigenvalue weighted by molar-refractivity contribution is 6.04. The lowest BCUT2D eigenvalue weighted by Crippen LogP contribution is -2.46. The van der Waals surface area contributed by atoms with Gasteiger partial charge in [0.15, 0.2) is 0 Å². The van der Waals surface area contributed by atoms with Crippen LogP contribution in [0.5, 0.6) is 17.2 Å². The average Bonchev–Trinajstić information content (AvgIpc) is 3.01. The Morgan fingerprint density at radius 1 is 0.864 bits per heavy atom. The van der Waals surface area contributed by atoms with Gasteiger partial charge in [-0.2, -0.15) is 0 Å². The summed E-state index contributed by atoms with van der Waals surface area (Å²) in [7, 11) is 1.59. The maximum absolute atomic E-state index is 13.1. The molecule has 0 saturated carbocycles. The number of nitrogens with one attached hydrogen (secondary N) is 1. The molecule has 0 unspecified atom stereocenters. The lowest BCUT2D eigenvalue weighted by Gasteiger charge is -2.36. The largest absolute Gasteiger partial charge is 0.573 e. The summed E-state index contributed by atoms with van der Waals surface area (Å²) in [6.45, 7) is 5.62. The molecule has 1 aliphatic rings. The summed E-state index contributed by atoms with van der Waals surface area (Å²) in [6.07, 6.45) is -1.65. The number of pyridine rings is 1. The van der Waals surface area contributed by atoms with Crippen LogP contribution >= 0.6 is 0 Å². The fraction of sp³-hybridized carbons (Fsp3) is 0.273. The molecule has 1 saturated heterocycles. The number of aromatic nitrogens is 1. The van der Waals surface area contributed by atoms with Crippen LogP contribution in [0.1, 0.15) is 22.8 Å². The van der Waals surface area contributed by atoms with Crippen LogP contribution in [-0.4, -0.2) is 62.0 Å². The van der Waals surface area contributed by atoms with Gasteiger partial charge in [0.25, 0.3) is 5.91 Å². The number of methoxy groups -OCH3 is 1. The molecule has 8 nitrogen and oxygen atoms in total. The number of hydrogen-bond donors (Lipinski definition) is 1. The van der Waals surface area contributed by atoms with E-state index in [1.54, 1.807) is 62.0 Å². The van der Waals surface area contributed by atoms with Gasteiger partial charge in [0, 0.05) is 61.4 Å². The molecule has 0 atom stereocenters. The normalized spacial score (nSPS) is 13.8. The number of carbonyl (C=O) groups is 1. The highest BCUT2D eigenvalue weighted by atomic mass is 19.4. The Labute approximate surface area is 254 Å². The van der Waals surface area contributed by atoms with Crippen molar-refractivity contribution in [1.29, 1.82) is 0 Å². The first-order valence-electron chi connectivity index (χ1n) is 14.2. The third kappa shape index (κ3) is 8.19. The molecule has 230 valence electrons. The van der Waals surface area contributed by atoms with Crippen LogP contribution in [0.25, 0.3) is 11.1 Å².